The quantitative estimate of drug-likeness (QED) is 0.458. The molecule has 0 bridgehead atoms. The molecule has 7 nitrogen and oxygen atoms in total. The van der Waals surface area contributed by atoms with E-state index in [1.165, 1.54) is 10.6 Å². The molecule has 144 valence electrons. The molecule has 29 heavy (non-hydrogen) atoms. The first-order valence-electron chi connectivity index (χ1n) is 8.61. The Morgan fingerprint density at radius 2 is 1.90 bits per heavy atom. The Bertz CT molecular complexity index is 1290. The zero-order chi connectivity index (χ0) is 20.5. The van der Waals surface area contributed by atoms with Gasteiger partial charge in [-0.25, -0.2) is 9.78 Å². The molecule has 4 aromatic rings. The van der Waals surface area contributed by atoms with Crippen LogP contribution in [0.15, 0.2) is 70.3 Å². The molecular weight excluding hydrogens is 438 g/mol. The van der Waals surface area contributed by atoms with Crippen LogP contribution in [0.25, 0.3) is 22.0 Å². The number of rotatable bonds is 4. The lowest BCUT2D eigenvalue weighted by Crippen LogP contribution is -2.23. The van der Waals surface area contributed by atoms with Gasteiger partial charge in [-0.15, -0.1) is 0 Å². The van der Waals surface area contributed by atoms with Gasteiger partial charge in [-0.05, 0) is 33.6 Å². The van der Waals surface area contributed by atoms with Crippen LogP contribution in [-0.4, -0.2) is 30.7 Å². The maximum Gasteiger partial charge on any atom is 0.358 e. The maximum atomic E-state index is 13.4. The van der Waals surface area contributed by atoms with E-state index < -0.39 is 17.4 Å². The lowest BCUT2D eigenvalue weighted by Gasteiger charge is -2.16. The van der Waals surface area contributed by atoms with Crippen molar-refractivity contribution >= 4 is 32.8 Å². The Labute approximate surface area is 173 Å². The van der Waals surface area contributed by atoms with Gasteiger partial charge < -0.3 is 14.8 Å². The summed E-state index contributed by atoms with van der Waals surface area (Å²) in [6, 6.07) is 14.3. The number of carbonyl (C=O) groups is 1. The van der Waals surface area contributed by atoms with Crippen LogP contribution >= 0.6 is 15.9 Å². The van der Waals surface area contributed by atoms with Gasteiger partial charge in [0, 0.05) is 28.9 Å². The van der Waals surface area contributed by atoms with Crippen molar-refractivity contribution in [3.63, 3.8) is 0 Å². The van der Waals surface area contributed by atoms with Crippen molar-refractivity contribution in [2.45, 2.75) is 6.54 Å². The third-order valence-corrected chi connectivity index (χ3v) is 5.09. The zero-order valence-electron chi connectivity index (χ0n) is 14.9. The summed E-state index contributed by atoms with van der Waals surface area (Å²) in [6.07, 6.45) is 3.13. The van der Waals surface area contributed by atoms with Crippen molar-refractivity contribution in [3.8, 4) is 16.9 Å². The third-order valence-electron chi connectivity index (χ3n) is 4.53. The number of halogens is 1. The summed E-state index contributed by atoms with van der Waals surface area (Å²) in [5.74, 6) is -1.86. The third kappa shape index (κ3) is 3.38. The SMILES string of the molecule is O=C(O)c1nc(Br)c2c(cc(-c3cccnc3)c(=O)n2Cc2ccccc2)c1O. The average Bonchev–Trinajstić information content (AvgIpc) is 2.73. The van der Waals surface area contributed by atoms with E-state index in [9.17, 15) is 19.8 Å². The van der Waals surface area contributed by atoms with E-state index in [2.05, 4.69) is 25.9 Å². The van der Waals surface area contributed by atoms with E-state index in [4.69, 9.17) is 0 Å². The Morgan fingerprint density at radius 1 is 1.14 bits per heavy atom. The molecule has 0 saturated heterocycles. The van der Waals surface area contributed by atoms with Gasteiger partial charge in [-0.3, -0.25) is 9.78 Å². The second-order valence-electron chi connectivity index (χ2n) is 6.34. The number of fused-ring (bicyclic) bond motifs is 1. The molecule has 0 aliphatic carbocycles. The van der Waals surface area contributed by atoms with Gasteiger partial charge in [0.25, 0.3) is 5.56 Å². The van der Waals surface area contributed by atoms with Crippen LogP contribution in [0.4, 0.5) is 0 Å². The van der Waals surface area contributed by atoms with Gasteiger partial charge in [0.1, 0.15) is 4.60 Å². The molecule has 0 fully saturated rings. The number of nitrogens with zero attached hydrogens (tertiary/aromatic N) is 3. The van der Waals surface area contributed by atoms with Crippen molar-refractivity contribution in [1.82, 2.24) is 14.5 Å². The van der Waals surface area contributed by atoms with E-state index in [0.717, 1.165) is 5.56 Å². The van der Waals surface area contributed by atoms with Gasteiger partial charge >= 0.3 is 5.97 Å². The highest BCUT2D eigenvalue weighted by Crippen LogP contribution is 2.34. The van der Waals surface area contributed by atoms with Crippen LogP contribution in [0, 0.1) is 0 Å². The number of benzene rings is 1. The van der Waals surface area contributed by atoms with Crippen LogP contribution in [0.5, 0.6) is 5.75 Å². The highest BCUT2D eigenvalue weighted by atomic mass is 79.9. The van der Waals surface area contributed by atoms with Gasteiger partial charge in [0.2, 0.25) is 0 Å². The summed E-state index contributed by atoms with van der Waals surface area (Å²) in [4.78, 5) is 32.8. The molecule has 0 spiro atoms. The predicted molar refractivity (Wildman–Crippen MR) is 111 cm³/mol. The largest absolute Gasteiger partial charge is 0.505 e. The second kappa shape index (κ2) is 7.48. The van der Waals surface area contributed by atoms with Crippen LogP contribution in [0.1, 0.15) is 16.1 Å². The molecule has 4 rings (SSSR count). The van der Waals surface area contributed by atoms with Crippen molar-refractivity contribution < 1.29 is 15.0 Å². The fourth-order valence-corrected chi connectivity index (χ4v) is 3.80. The van der Waals surface area contributed by atoms with E-state index in [0.29, 0.717) is 16.6 Å². The van der Waals surface area contributed by atoms with Crippen LogP contribution in [0.3, 0.4) is 0 Å². The van der Waals surface area contributed by atoms with E-state index in [-0.39, 0.29) is 22.1 Å². The summed E-state index contributed by atoms with van der Waals surface area (Å²) in [6.45, 7) is 0.219. The summed E-state index contributed by atoms with van der Waals surface area (Å²) in [5, 5.41) is 20.2. The van der Waals surface area contributed by atoms with Crippen molar-refractivity contribution in [2.75, 3.05) is 0 Å². The molecule has 2 N–H and O–H groups in total. The first-order chi connectivity index (χ1) is 14.0. The summed E-state index contributed by atoms with van der Waals surface area (Å²) >= 11 is 3.27. The first kappa shape index (κ1) is 18.8. The highest BCUT2D eigenvalue weighted by molar-refractivity contribution is 9.10. The van der Waals surface area contributed by atoms with E-state index >= 15 is 0 Å². The van der Waals surface area contributed by atoms with Crippen molar-refractivity contribution in [1.29, 1.82) is 0 Å². The minimum absolute atomic E-state index is 0.161. The predicted octanol–water partition coefficient (Wildman–Crippen LogP) is 3.67. The number of aromatic nitrogens is 3. The lowest BCUT2D eigenvalue weighted by molar-refractivity contribution is 0.0687. The monoisotopic (exact) mass is 451 g/mol. The molecule has 0 saturated carbocycles. The molecule has 0 aliphatic heterocycles. The molecular formula is C21H14BrN3O4. The Hall–Kier alpha value is -3.52. The standard InChI is InChI=1S/C21H14BrN3O4/c22-19-17-15(18(26)16(24-19)21(28)29)9-14(13-7-4-8-23-10-13)20(27)25(17)11-12-5-2-1-3-6-12/h1-10,26H,11H2,(H,28,29). The number of aromatic carboxylic acids is 1. The van der Waals surface area contributed by atoms with Crippen molar-refractivity contribution in [3.05, 3.63) is 87.1 Å². The summed E-state index contributed by atoms with van der Waals surface area (Å²) < 4.78 is 1.63. The Morgan fingerprint density at radius 3 is 2.55 bits per heavy atom. The number of hydrogen-bond acceptors (Lipinski definition) is 5. The molecule has 8 heteroatoms. The van der Waals surface area contributed by atoms with E-state index in [1.54, 1.807) is 24.5 Å². The van der Waals surface area contributed by atoms with Crippen LogP contribution in [-0.2, 0) is 6.54 Å². The number of carboxylic acids is 1. The average molecular weight is 452 g/mol. The molecule has 3 heterocycles. The maximum absolute atomic E-state index is 13.4. The van der Waals surface area contributed by atoms with Crippen LogP contribution in [0.2, 0.25) is 0 Å². The topological polar surface area (TPSA) is 105 Å². The van der Waals surface area contributed by atoms with Crippen LogP contribution < -0.4 is 5.56 Å². The minimum Gasteiger partial charge on any atom is -0.505 e. The molecule has 0 unspecified atom stereocenters. The van der Waals surface area contributed by atoms with Gasteiger partial charge in [0.15, 0.2) is 11.4 Å². The van der Waals surface area contributed by atoms with Gasteiger partial charge in [0.05, 0.1) is 12.1 Å². The lowest BCUT2D eigenvalue weighted by atomic mass is 10.1. The smallest absolute Gasteiger partial charge is 0.358 e. The minimum atomic E-state index is -1.37. The summed E-state index contributed by atoms with van der Waals surface area (Å²) in [7, 11) is 0. The number of pyridine rings is 3. The molecule has 0 aliphatic rings. The summed E-state index contributed by atoms with van der Waals surface area (Å²) in [5.41, 5.74) is 1.24. The number of hydrogen-bond donors (Lipinski definition) is 2. The normalized spacial score (nSPS) is 10.9. The Kier molecular flexibility index (Phi) is 4.85. The molecule has 3 aromatic heterocycles. The second-order valence-corrected chi connectivity index (χ2v) is 7.10. The van der Waals surface area contributed by atoms with E-state index in [1.807, 2.05) is 30.3 Å². The number of aromatic hydroxyl groups is 1. The molecule has 0 amide bonds. The first-order valence-corrected chi connectivity index (χ1v) is 9.40. The Balaban J connectivity index is 2.10. The highest BCUT2D eigenvalue weighted by Gasteiger charge is 2.22. The zero-order valence-corrected chi connectivity index (χ0v) is 16.5. The molecule has 1 aromatic carbocycles. The fraction of sp³-hybridized carbons (Fsp3) is 0.0476. The fourth-order valence-electron chi connectivity index (χ4n) is 3.20. The van der Waals surface area contributed by atoms with Gasteiger partial charge in [-0.1, -0.05) is 36.4 Å². The van der Waals surface area contributed by atoms with Crippen molar-refractivity contribution in [2.24, 2.45) is 0 Å². The molecule has 0 radical (unpaired) electrons. The number of carboxylic acid groups (broad SMARTS) is 1. The molecule has 0 atom stereocenters. The van der Waals surface area contributed by atoms with Gasteiger partial charge in [-0.2, -0.15) is 0 Å².